The molecule has 0 aliphatic rings. The SMILES string of the molecule is CC(N)Cc1ccnc(C(C)(C)c2ccccc2)n1. The molecule has 2 N–H and O–H groups in total. The van der Waals surface area contributed by atoms with Gasteiger partial charge in [-0.1, -0.05) is 30.3 Å². The van der Waals surface area contributed by atoms with E-state index in [0.717, 1.165) is 17.9 Å². The summed E-state index contributed by atoms with van der Waals surface area (Å²) < 4.78 is 0. The summed E-state index contributed by atoms with van der Waals surface area (Å²) in [6.07, 6.45) is 2.60. The van der Waals surface area contributed by atoms with Crippen LogP contribution in [0.4, 0.5) is 0 Å². The summed E-state index contributed by atoms with van der Waals surface area (Å²) >= 11 is 0. The molecule has 2 aromatic rings. The zero-order valence-electron chi connectivity index (χ0n) is 11.8. The Morgan fingerprint density at radius 1 is 1.16 bits per heavy atom. The van der Waals surface area contributed by atoms with Crippen molar-refractivity contribution in [3.05, 3.63) is 59.7 Å². The molecule has 0 spiro atoms. The largest absolute Gasteiger partial charge is 0.328 e. The van der Waals surface area contributed by atoms with E-state index in [9.17, 15) is 0 Å². The lowest BCUT2D eigenvalue weighted by Gasteiger charge is -2.24. The van der Waals surface area contributed by atoms with Gasteiger partial charge in [-0.05, 0) is 32.4 Å². The minimum atomic E-state index is -0.199. The van der Waals surface area contributed by atoms with Crippen molar-refractivity contribution in [2.45, 2.75) is 38.6 Å². The topological polar surface area (TPSA) is 51.8 Å². The lowest BCUT2D eigenvalue weighted by molar-refractivity contribution is 0.580. The molecule has 1 aromatic heterocycles. The molecule has 0 aliphatic carbocycles. The molecule has 0 saturated carbocycles. The van der Waals surface area contributed by atoms with Gasteiger partial charge in [-0.3, -0.25) is 0 Å². The molecule has 1 atom stereocenters. The Morgan fingerprint density at radius 2 is 1.84 bits per heavy atom. The average molecular weight is 255 g/mol. The molecule has 1 heterocycles. The van der Waals surface area contributed by atoms with E-state index in [0.29, 0.717) is 0 Å². The van der Waals surface area contributed by atoms with Gasteiger partial charge < -0.3 is 5.73 Å². The van der Waals surface area contributed by atoms with Crippen LogP contribution in [-0.2, 0) is 11.8 Å². The van der Waals surface area contributed by atoms with Crippen LogP contribution in [0.25, 0.3) is 0 Å². The third-order valence-corrected chi connectivity index (χ3v) is 3.30. The highest BCUT2D eigenvalue weighted by atomic mass is 14.9. The highest BCUT2D eigenvalue weighted by molar-refractivity contribution is 5.30. The third-order valence-electron chi connectivity index (χ3n) is 3.30. The first-order chi connectivity index (χ1) is 9.00. The minimum absolute atomic E-state index is 0.114. The maximum Gasteiger partial charge on any atom is 0.138 e. The van der Waals surface area contributed by atoms with Crippen LogP contribution in [0.3, 0.4) is 0 Å². The third kappa shape index (κ3) is 3.18. The van der Waals surface area contributed by atoms with Crippen molar-refractivity contribution in [3.8, 4) is 0 Å². The second-order valence-corrected chi connectivity index (χ2v) is 5.54. The molecule has 1 unspecified atom stereocenters. The maximum absolute atomic E-state index is 5.83. The number of nitrogens with zero attached hydrogens (tertiary/aromatic N) is 2. The molecule has 0 amide bonds. The normalized spacial score (nSPS) is 13.3. The Labute approximate surface area is 114 Å². The van der Waals surface area contributed by atoms with Crippen molar-refractivity contribution in [3.63, 3.8) is 0 Å². The molecule has 2 rings (SSSR count). The van der Waals surface area contributed by atoms with Gasteiger partial charge in [0.25, 0.3) is 0 Å². The van der Waals surface area contributed by atoms with E-state index < -0.39 is 0 Å². The maximum atomic E-state index is 5.83. The number of rotatable bonds is 4. The van der Waals surface area contributed by atoms with Gasteiger partial charge in [0.1, 0.15) is 5.82 Å². The highest BCUT2D eigenvalue weighted by Gasteiger charge is 2.26. The zero-order chi connectivity index (χ0) is 13.9. The predicted molar refractivity (Wildman–Crippen MR) is 78.0 cm³/mol. The Bertz CT molecular complexity index is 533. The van der Waals surface area contributed by atoms with E-state index in [1.807, 2.05) is 37.4 Å². The fourth-order valence-corrected chi connectivity index (χ4v) is 2.12. The summed E-state index contributed by atoms with van der Waals surface area (Å²) in [5.41, 5.74) is 7.85. The number of hydrogen-bond acceptors (Lipinski definition) is 3. The Morgan fingerprint density at radius 3 is 2.47 bits per heavy atom. The molecule has 100 valence electrons. The minimum Gasteiger partial charge on any atom is -0.328 e. The Kier molecular flexibility index (Phi) is 3.96. The lowest BCUT2D eigenvalue weighted by atomic mass is 9.83. The van der Waals surface area contributed by atoms with Gasteiger partial charge in [-0.15, -0.1) is 0 Å². The summed E-state index contributed by atoms with van der Waals surface area (Å²) in [6.45, 7) is 6.28. The van der Waals surface area contributed by atoms with Crippen LogP contribution in [-0.4, -0.2) is 16.0 Å². The second-order valence-electron chi connectivity index (χ2n) is 5.54. The quantitative estimate of drug-likeness (QED) is 0.914. The van der Waals surface area contributed by atoms with E-state index in [4.69, 9.17) is 5.73 Å². The van der Waals surface area contributed by atoms with Crippen LogP contribution >= 0.6 is 0 Å². The smallest absolute Gasteiger partial charge is 0.138 e. The molecular weight excluding hydrogens is 234 g/mol. The summed E-state index contributed by atoms with van der Waals surface area (Å²) in [5, 5.41) is 0. The van der Waals surface area contributed by atoms with Gasteiger partial charge in [0, 0.05) is 29.8 Å². The van der Waals surface area contributed by atoms with Crippen LogP contribution in [0.1, 0.15) is 37.9 Å². The highest BCUT2D eigenvalue weighted by Crippen LogP contribution is 2.28. The van der Waals surface area contributed by atoms with Gasteiger partial charge in [0.15, 0.2) is 0 Å². The van der Waals surface area contributed by atoms with E-state index >= 15 is 0 Å². The lowest BCUT2D eigenvalue weighted by Crippen LogP contribution is -2.24. The standard InChI is InChI=1S/C16H21N3/c1-12(17)11-14-9-10-18-15(19-14)16(2,3)13-7-5-4-6-8-13/h4-10,12H,11,17H2,1-3H3. The fourth-order valence-electron chi connectivity index (χ4n) is 2.12. The molecule has 3 heteroatoms. The first-order valence-electron chi connectivity index (χ1n) is 6.63. The molecule has 0 saturated heterocycles. The first-order valence-corrected chi connectivity index (χ1v) is 6.63. The molecule has 0 radical (unpaired) electrons. The van der Waals surface area contributed by atoms with Gasteiger partial charge in [0.2, 0.25) is 0 Å². The molecule has 0 aliphatic heterocycles. The van der Waals surface area contributed by atoms with Crippen molar-refractivity contribution < 1.29 is 0 Å². The van der Waals surface area contributed by atoms with E-state index in [2.05, 4.69) is 35.9 Å². The molecule has 1 aromatic carbocycles. The van der Waals surface area contributed by atoms with Crippen molar-refractivity contribution in [2.24, 2.45) is 5.73 Å². The molecule has 19 heavy (non-hydrogen) atoms. The van der Waals surface area contributed by atoms with Crippen molar-refractivity contribution in [1.29, 1.82) is 0 Å². The summed E-state index contributed by atoms with van der Waals surface area (Å²) in [6, 6.07) is 12.4. The average Bonchev–Trinajstić information content (AvgIpc) is 2.39. The fraction of sp³-hybridized carbons (Fsp3) is 0.375. The van der Waals surface area contributed by atoms with Crippen molar-refractivity contribution in [2.75, 3.05) is 0 Å². The van der Waals surface area contributed by atoms with Crippen LogP contribution in [0.5, 0.6) is 0 Å². The molecule has 3 nitrogen and oxygen atoms in total. The van der Waals surface area contributed by atoms with Crippen LogP contribution in [0.2, 0.25) is 0 Å². The van der Waals surface area contributed by atoms with Crippen LogP contribution in [0, 0.1) is 0 Å². The van der Waals surface area contributed by atoms with Crippen LogP contribution in [0.15, 0.2) is 42.6 Å². The second kappa shape index (κ2) is 5.49. The van der Waals surface area contributed by atoms with E-state index in [1.54, 1.807) is 0 Å². The number of benzene rings is 1. The van der Waals surface area contributed by atoms with Crippen molar-refractivity contribution >= 4 is 0 Å². The number of hydrogen-bond donors (Lipinski definition) is 1. The number of aromatic nitrogens is 2. The van der Waals surface area contributed by atoms with Gasteiger partial charge in [-0.2, -0.15) is 0 Å². The molecule has 0 bridgehead atoms. The Hall–Kier alpha value is -1.74. The van der Waals surface area contributed by atoms with Gasteiger partial charge in [0.05, 0.1) is 0 Å². The van der Waals surface area contributed by atoms with Crippen molar-refractivity contribution in [1.82, 2.24) is 9.97 Å². The van der Waals surface area contributed by atoms with Crippen LogP contribution < -0.4 is 5.73 Å². The summed E-state index contributed by atoms with van der Waals surface area (Å²) in [7, 11) is 0. The summed E-state index contributed by atoms with van der Waals surface area (Å²) in [5.74, 6) is 0.844. The number of nitrogens with two attached hydrogens (primary N) is 1. The summed E-state index contributed by atoms with van der Waals surface area (Å²) in [4.78, 5) is 9.11. The first kappa shape index (κ1) is 13.7. The van der Waals surface area contributed by atoms with Gasteiger partial charge in [-0.25, -0.2) is 9.97 Å². The zero-order valence-corrected chi connectivity index (χ0v) is 11.8. The van der Waals surface area contributed by atoms with E-state index in [-0.39, 0.29) is 11.5 Å². The predicted octanol–water partition coefficient (Wildman–Crippen LogP) is 2.69. The molecule has 0 fully saturated rings. The monoisotopic (exact) mass is 255 g/mol. The van der Waals surface area contributed by atoms with Gasteiger partial charge >= 0.3 is 0 Å². The van der Waals surface area contributed by atoms with E-state index in [1.165, 1.54) is 5.56 Å². The Balaban J connectivity index is 2.35. The molecular formula is C16H21N3.